The summed E-state index contributed by atoms with van der Waals surface area (Å²) in [5, 5.41) is 6.88. The predicted octanol–water partition coefficient (Wildman–Crippen LogP) is 3.06. The maximum atomic E-state index is 5.41. The summed E-state index contributed by atoms with van der Waals surface area (Å²) in [5.41, 5.74) is 2.05. The Morgan fingerprint density at radius 3 is 2.55 bits per heavy atom. The summed E-state index contributed by atoms with van der Waals surface area (Å²) in [7, 11) is 4.96. The van der Waals surface area contributed by atoms with Crippen molar-refractivity contribution >= 4 is 35.6 Å². The molecule has 8 nitrogen and oxygen atoms in total. The molecule has 170 valence electrons. The first kappa shape index (κ1) is 24.8. The molecule has 0 aliphatic carbocycles. The van der Waals surface area contributed by atoms with Gasteiger partial charge in [0.25, 0.3) is 0 Å². The van der Waals surface area contributed by atoms with E-state index in [0.29, 0.717) is 12.4 Å². The van der Waals surface area contributed by atoms with Gasteiger partial charge in [0.2, 0.25) is 5.88 Å². The second-order valence-corrected chi connectivity index (χ2v) is 7.01. The molecule has 1 fully saturated rings. The fraction of sp³-hybridized carbons (Fsp3) is 0.455. The maximum absolute atomic E-state index is 5.41. The lowest BCUT2D eigenvalue weighted by Crippen LogP contribution is -2.44. The molecule has 0 amide bonds. The number of aliphatic imine (C=N–C) groups is 1. The van der Waals surface area contributed by atoms with Gasteiger partial charge in [-0.1, -0.05) is 6.07 Å². The second kappa shape index (κ2) is 12.4. The number of rotatable bonds is 8. The van der Waals surface area contributed by atoms with Crippen LogP contribution in [0.1, 0.15) is 18.9 Å². The Morgan fingerprint density at radius 1 is 1.16 bits per heavy atom. The minimum atomic E-state index is 0. The first-order valence-corrected chi connectivity index (χ1v) is 10.2. The number of anilines is 1. The normalized spacial score (nSPS) is 15.8. The number of nitrogens with one attached hydrogen (secondary N) is 2. The summed E-state index contributed by atoms with van der Waals surface area (Å²) in [6.45, 7) is 5.17. The standard InChI is InChI=1S/C22H31N5O3.HI/c1-5-23-22(25-14-16-7-6-9-24-21(16)30-4)26-17-8-10-27(15-17)18-11-19(28-2)13-20(12-18)29-3;/h6-7,9,11-13,17H,5,8,10,14-15H2,1-4H3,(H2,23,25,26);1H. The molecule has 9 heteroatoms. The van der Waals surface area contributed by atoms with Crippen molar-refractivity contribution in [2.75, 3.05) is 45.9 Å². The fourth-order valence-corrected chi connectivity index (χ4v) is 3.49. The number of hydrogen-bond donors (Lipinski definition) is 2. The Labute approximate surface area is 201 Å². The maximum Gasteiger partial charge on any atom is 0.218 e. The summed E-state index contributed by atoms with van der Waals surface area (Å²) in [6.07, 6.45) is 2.73. The highest BCUT2D eigenvalue weighted by molar-refractivity contribution is 14.0. The van der Waals surface area contributed by atoms with Gasteiger partial charge in [0.15, 0.2) is 5.96 Å². The van der Waals surface area contributed by atoms with E-state index < -0.39 is 0 Å². The van der Waals surface area contributed by atoms with Gasteiger partial charge in [-0.05, 0) is 19.4 Å². The zero-order valence-corrected chi connectivity index (χ0v) is 20.9. The molecule has 31 heavy (non-hydrogen) atoms. The molecule has 0 saturated carbocycles. The van der Waals surface area contributed by atoms with E-state index in [1.54, 1.807) is 27.5 Å². The van der Waals surface area contributed by atoms with E-state index in [0.717, 1.165) is 54.8 Å². The van der Waals surface area contributed by atoms with Crippen LogP contribution >= 0.6 is 24.0 Å². The van der Waals surface area contributed by atoms with Crippen molar-refractivity contribution < 1.29 is 14.2 Å². The highest BCUT2D eigenvalue weighted by Crippen LogP contribution is 2.30. The first-order chi connectivity index (χ1) is 14.7. The highest BCUT2D eigenvalue weighted by atomic mass is 127. The Bertz CT molecular complexity index is 843. The van der Waals surface area contributed by atoms with E-state index in [2.05, 4.69) is 27.4 Å². The molecule has 1 aliphatic rings. The van der Waals surface area contributed by atoms with Gasteiger partial charge in [-0.15, -0.1) is 24.0 Å². The molecule has 1 aromatic carbocycles. The van der Waals surface area contributed by atoms with Crippen LogP contribution < -0.4 is 29.7 Å². The third kappa shape index (κ3) is 6.78. The largest absolute Gasteiger partial charge is 0.497 e. The summed E-state index contributed by atoms with van der Waals surface area (Å²) in [6, 6.07) is 10.1. The zero-order valence-electron chi connectivity index (χ0n) is 18.6. The van der Waals surface area contributed by atoms with Crippen LogP contribution in [0, 0.1) is 0 Å². The van der Waals surface area contributed by atoms with Gasteiger partial charge in [-0.2, -0.15) is 0 Å². The molecule has 2 N–H and O–H groups in total. The van der Waals surface area contributed by atoms with Crippen molar-refractivity contribution in [2.45, 2.75) is 25.9 Å². The van der Waals surface area contributed by atoms with Crippen molar-refractivity contribution in [1.82, 2.24) is 15.6 Å². The van der Waals surface area contributed by atoms with E-state index >= 15 is 0 Å². The van der Waals surface area contributed by atoms with Crippen LogP contribution in [-0.2, 0) is 6.54 Å². The van der Waals surface area contributed by atoms with E-state index in [9.17, 15) is 0 Å². The highest BCUT2D eigenvalue weighted by Gasteiger charge is 2.24. The van der Waals surface area contributed by atoms with Crippen LogP contribution in [0.5, 0.6) is 17.4 Å². The van der Waals surface area contributed by atoms with Gasteiger partial charge in [0.1, 0.15) is 11.5 Å². The Balaban J connectivity index is 0.00000341. The lowest BCUT2D eigenvalue weighted by Gasteiger charge is -2.21. The van der Waals surface area contributed by atoms with Crippen molar-refractivity contribution in [3.05, 3.63) is 42.1 Å². The molecule has 1 aliphatic heterocycles. The van der Waals surface area contributed by atoms with Crippen molar-refractivity contribution in [3.8, 4) is 17.4 Å². The molecule has 2 heterocycles. The summed E-state index contributed by atoms with van der Waals surface area (Å²) in [4.78, 5) is 11.3. The first-order valence-electron chi connectivity index (χ1n) is 10.2. The van der Waals surface area contributed by atoms with E-state index in [-0.39, 0.29) is 30.0 Å². The molecular formula is C22H32IN5O3. The Kier molecular flexibility index (Phi) is 9.96. The minimum absolute atomic E-state index is 0. The smallest absolute Gasteiger partial charge is 0.218 e. The van der Waals surface area contributed by atoms with Gasteiger partial charge in [0, 0.05) is 61.3 Å². The van der Waals surface area contributed by atoms with Crippen LogP contribution in [0.15, 0.2) is 41.5 Å². The summed E-state index contributed by atoms with van der Waals surface area (Å²) < 4.78 is 16.1. The van der Waals surface area contributed by atoms with Gasteiger partial charge in [-0.3, -0.25) is 0 Å². The van der Waals surface area contributed by atoms with Crippen LogP contribution in [0.4, 0.5) is 5.69 Å². The molecule has 0 radical (unpaired) electrons. The van der Waals surface area contributed by atoms with Crippen LogP contribution in [0.2, 0.25) is 0 Å². The lowest BCUT2D eigenvalue weighted by molar-refractivity contribution is 0.392. The van der Waals surface area contributed by atoms with E-state index in [1.165, 1.54) is 0 Å². The second-order valence-electron chi connectivity index (χ2n) is 7.01. The van der Waals surface area contributed by atoms with Crippen molar-refractivity contribution in [1.29, 1.82) is 0 Å². The van der Waals surface area contributed by atoms with Gasteiger partial charge >= 0.3 is 0 Å². The van der Waals surface area contributed by atoms with Gasteiger partial charge in [-0.25, -0.2) is 9.98 Å². The van der Waals surface area contributed by atoms with Gasteiger partial charge in [0.05, 0.1) is 27.9 Å². The fourth-order valence-electron chi connectivity index (χ4n) is 3.49. The number of aromatic nitrogens is 1. The average Bonchev–Trinajstić information content (AvgIpc) is 3.26. The Hall–Kier alpha value is -2.43. The molecule has 1 atom stereocenters. The molecular weight excluding hydrogens is 509 g/mol. The SMILES string of the molecule is CCNC(=NCc1cccnc1OC)NC1CCN(c2cc(OC)cc(OC)c2)C1.I. The van der Waals surface area contributed by atoms with Crippen molar-refractivity contribution in [3.63, 3.8) is 0 Å². The van der Waals surface area contributed by atoms with Crippen molar-refractivity contribution in [2.24, 2.45) is 4.99 Å². The quantitative estimate of drug-likeness (QED) is 0.302. The number of hydrogen-bond acceptors (Lipinski definition) is 6. The van der Waals surface area contributed by atoms with Crippen LogP contribution in [0.25, 0.3) is 0 Å². The number of guanidine groups is 1. The summed E-state index contributed by atoms with van der Waals surface area (Å²) >= 11 is 0. The van der Waals surface area contributed by atoms with E-state index in [4.69, 9.17) is 19.2 Å². The number of ether oxygens (including phenoxy) is 3. The number of nitrogens with zero attached hydrogens (tertiary/aromatic N) is 3. The molecule has 0 spiro atoms. The molecule has 1 saturated heterocycles. The summed E-state index contributed by atoms with van der Waals surface area (Å²) in [5.74, 6) is 2.98. The minimum Gasteiger partial charge on any atom is -0.497 e. The zero-order chi connectivity index (χ0) is 21.3. The number of methoxy groups -OCH3 is 3. The lowest BCUT2D eigenvalue weighted by atomic mass is 10.2. The molecule has 1 aromatic heterocycles. The third-order valence-corrected chi connectivity index (χ3v) is 5.03. The topological polar surface area (TPSA) is 80.2 Å². The molecule has 0 bridgehead atoms. The Morgan fingerprint density at radius 2 is 1.90 bits per heavy atom. The van der Waals surface area contributed by atoms with Crippen LogP contribution in [-0.4, -0.2) is 57.9 Å². The predicted molar refractivity (Wildman–Crippen MR) is 134 cm³/mol. The van der Waals surface area contributed by atoms with Gasteiger partial charge < -0.3 is 29.7 Å². The monoisotopic (exact) mass is 541 g/mol. The molecule has 3 rings (SSSR count). The van der Waals surface area contributed by atoms with Crippen LogP contribution in [0.3, 0.4) is 0 Å². The number of benzene rings is 1. The average molecular weight is 541 g/mol. The number of halogens is 1. The molecule has 1 unspecified atom stereocenters. The molecule has 2 aromatic rings. The third-order valence-electron chi connectivity index (χ3n) is 5.03. The number of pyridine rings is 1. The van der Waals surface area contributed by atoms with E-state index in [1.807, 2.05) is 30.3 Å².